The predicted octanol–water partition coefficient (Wildman–Crippen LogP) is 8.81. The van der Waals surface area contributed by atoms with Gasteiger partial charge in [-0.15, -0.1) is 0 Å². The van der Waals surface area contributed by atoms with Crippen molar-refractivity contribution in [2.75, 3.05) is 90.6 Å². The predicted molar refractivity (Wildman–Crippen MR) is 437 cm³/mol. The molecule has 0 saturated heterocycles. The van der Waals surface area contributed by atoms with E-state index >= 15 is 0 Å². The number of hydrogen-bond donors (Lipinski definition) is 0. The first-order valence-corrected chi connectivity index (χ1v) is 41.5. The maximum absolute atomic E-state index is 13.2. The summed E-state index contributed by atoms with van der Waals surface area (Å²) in [6.45, 7) is 8.85. The molecule has 35 heteroatoms. The molecule has 0 bridgehead atoms. The van der Waals surface area contributed by atoms with Crippen LogP contribution in [0.1, 0.15) is 52.8 Å². The molecular weight excluding hydrogens is 1700 g/mol. The van der Waals surface area contributed by atoms with Crippen LogP contribution >= 0.6 is 50.5 Å². The summed E-state index contributed by atoms with van der Waals surface area (Å²) < 4.78 is 124. The summed E-state index contributed by atoms with van der Waals surface area (Å²) in [5.41, 5.74) is 15.9. The Morgan fingerprint density at radius 2 is 0.898 bits per heavy atom. The van der Waals surface area contributed by atoms with Gasteiger partial charge in [0.05, 0.1) is 101 Å². The number of fused-ring (bicyclic) bond motifs is 20. The topological polar surface area (TPSA) is 270 Å². The molecule has 9 aliphatic heterocycles. The van der Waals surface area contributed by atoms with E-state index in [1.54, 1.807) is 61.4 Å². The van der Waals surface area contributed by atoms with E-state index in [9.17, 15) is 9.36 Å². The number of methoxy groups -OCH3 is 8. The Morgan fingerprint density at radius 3 is 1.40 bits per heavy atom. The number of rotatable bonds is 9. The monoisotopic (exact) mass is 1780 g/mol. The van der Waals surface area contributed by atoms with Crippen LogP contribution in [-0.2, 0) is 71.1 Å². The van der Waals surface area contributed by atoms with Gasteiger partial charge in [0.2, 0.25) is 38.6 Å². The maximum Gasteiger partial charge on any atom is 2.00 e. The first kappa shape index (κ1) is 89.7. The van der Waals surface area contributed by atoms with E-state index in [2.05, 4.69) is 133 Å². The van der Waals surface area contributed by atoms with Gasteiger partial charge < -0.3 is 132 Å². The SMILES string of the molecule is COc1ccc2c(c1OC)C(C)(C)N1CCc3cc4c(cc3C1=C2)OCO4.COc1ccc2cc3[n+](c(Cl)c2c1OC)CCc1cc2c(cc1-3)OCO2.COc1ccc2cc3[n+](cc2c1OC)CCc1cc2c(cc1-3)OCO2.COc1ccc2cc3n(c(=O)c2c1OC)CCc1cc2c(cc1-3)OCO2.O=P(Cl)(Cl)Cl.O=S([O-])O[O-].[CH3-].[Cl-].[Cl-].[Mg+2]. The van der Waals surface area contributed by atoms with Crippen LogP contribution in [0.2, 0.25) is 5.15 Å². The molecule has 0 amide bonds. The largest absolute Gasteiger partial charge is 2.00 e. The van der Waals surface area contributed by atoms with Gasteiger partial charge in [-0.1, -0.05) is 12.1 Å². The van der Waals surface area contributed by atoms with Crippen molar-refractivity contribution in [1.82, 2.24) is 9.47 Å². The molecule has 0 fully saturated rings. The third kappa shape index (κ3) is 17.1. The molecule has 8 aromatic carbocycles. The van der Waals surface area contributed by atoms with E-state index in [1.165, 1.54) is 39.2 Å². The Morgan fingerprint density at radius 1 is 0.500 bits per heavy atom. The average Bonchev–Trinajstić information content (AvgIpc) is 1.02. The van der Waals surface area contributed by atoms with Crippen LogP contribution in [0.3, 0.4) is 0 Å². The van der Waals surface area contributed by atoms with E-state index in [1.807, 2.05) is 60.7 Å². The van der Waals surface area contributed by atoms with Crippen LogP contribution in [0.5, 0.6) is 92.0 Å². The minimum Gasteiger partial charge on any atom is -1.00 e. The molecule has 26 nitrogen and oxygen atoms in total. The summed E-state index contributed by atoms with van der Waals surface area (Å²) in [5.74, 6) is 11.9. The Kier molecular flexibility index (Phi) is 28.3. The van der Waals surface area contributed by atoms with Gasteiger partial charge >= 0.3 is 28.3 Å². The van der Waals surface area contributed by atoms with Crippen molar-refractivity contribution in [2.24, 2.45) is 0 Å². The minimum absolute atomic E-state index is 0. The molecule has 12 heterocycles. The average molecular weight is 1780 g/mol. The fraction of sp³-hybridized carbons (Fsp3) is 0.277. The van der Waals surface area contributed by atoms with E-state index in [-0.39, 0.29) is 80.0 Å². The van der Waals surface area contributed by atoms with Crippen molar-refractivity contribution in [3.63, 3.8) is 0 Å². The third-order valence-corrected chi connectivity index (χ3v) is 21.7. The van der Waals surface area contributed by atoms with E-state index in [0.29, 0.717) is 53.7 Å². The molecule has 0 N–H and O–H groups in total. The van der Waals surface area contributed by atoms with Gasteiger partial charge in [-0.25, -0.2) is 4.21 Å². The number of ether oxygens (including phenoxy) is 16. The standard InChI is InChI=1S/C22H23NO4.C20H17ClNO4.C20H17NO5.C20H18NO4.CH3.Cl3OP.2ClH.Mg.H2O4S/c1-22(2)20-14(5-6-17(24-3)21(20)25-4)9-16-15-11-19-18(26-12-27-19)10-13(15)7-8-23(16)22;1-23-15-4-3-12-7-14-13-9-17-16(25-10-26-17)8-11(13)5-6-22(14)20(21)18(12)19(15)24-2;1-23-15-4-3-12-7-14-13-9-17-16(25-10-26-17)8-11(13)5-6-21(14)20(22)18(12)19(15)24-2;1-22-17-4-3-12-7-16-14-9-19-18(24-11-25-19)8-13(14)5-6-21(16)10-15(12)20(17)23-2;;1-5(2,3)4;;;;1-4-5(2)3/h5-6,9-11H,7-8,12H2,1-4H3;2*3-4,7-9H,5-6,10H2,1-2H3;3-4,7-10H,5-6,11H2,1-2H3;1H3;;2*1H;;1H,(H,2,3)/q;+1;;+1;-1;;;;+2;/p-4. The van der Waals surface area contributed by atoms with Gasteiger partial charge in [0.15, 0.2) is 111 Å². The Labute approximate surface area is 730 Å². The summed E-state index contributed by atoms with van der Waals surface area (Å²) in [6, 6.07) is 38.7. The number of halogens is 6. The Bertz CT molecular complexity index is 5890. The summed E-state index contributed by atoms with van der Waals surface area (Å²) in [5, 5.41) is 11.3. The van der Waals surface area contributed by atoms with Crippen LogP contribution in [0, 0.1) is 7.43 Å². The molecule has 1 atom stereocenters. The summed E-state index contributed by atoms with van der Waals surface area (Å²) in [7, 11) is 13.1. The Hall–Kier alpha value is -9.10. The van der Waals surface area contributed by atoms with Crippen molar-refractivity contribution >= 4 is 129 Å². The molecule has 618 valence electrons. The minimum atomic E-state index is -3.22. The van der Waals surface area contributed by atoms with E-state index < -0.39 is 16.6 Å². The molecule has 20 rings (SSSR count). The molecule has 0 saturated carbocycles. The van der Waals surface area contributed by atoms with Gasteiger partial charge in [0, 0.05) is 60.5 Å². The first-order chi connectivity index (χ1) is 55.0. The zero-order valence-electron chi connectivity index (χ0n) is 65.7. The number of nitrogens with zero attached hydrogens (tertiary/aromatic N) is 4. The van der Waals surface area contributed by atoms with E-state index in [0.717, 1.165) is 180 Å². The molecule has 11 aromatic rings. The van der Waals surface area contributed by atoms with Crippen molar-refractivity contribution in [3.8, 4) is 126 Å². The fourth-order valence-electron chi connectivity index (χ4n) is 16.1. The van der Waals surface area contributed by atoms with Crippen molar-refractivity contribution in [3.05, 3.63) is 183 Å². The van der Waals surface area contributed by atoms with Crippen LogP contribution < -0.4 is 121 Å². The quantitative estimate of drug-likeness (QED) is 0.0191. The van der Waals surface area contributed by atoms with Crippen LogP contribution in [0.4, 0.5) is 0 Å². The normalized spacial score (nSPS) is 14.5. The fourth-order valence-corrected chi connectivity index (χ4v) is 16.5. The molecule has 0 spiro atoms. The maximum atomic E-state index is 13.2. The second-order valence-corrected chi connectivity index (χ2v) is 34.8. The summed E-state index contributed by atoms with van der Waals surface area (Å²) in [6.07, 6.45) is 7.97. The molecule has 0 aliphatic carbocycles. The Balaban J connectivity index is 0.000000147. The molecule has 1 unspecified atom stereocenters. The van der Waals surface area contributed by atoms with Gasteiger partial charge in [0.1, 0.15) is 5.39 Å². The van der Waals surface area contributed by atoms with Crippen molar-refractivity contribution in [2.45, 2.75) is 64.7 Å². The van der Waals surface area contributed by atoms with Crippen molar-refractivity contribution < 1.29 is 133 Å². The molecular formula is C83H78Cl6MgN4O22PS-. The zero-order chi connectivity index (χ0) is 80.2. The van der Waals surface area contributed by atoms with Gasteiger partial charge in [-0.05, 0) is 213 Å². The van der Waals surface area contributed by atoms with Gasteiger partial charge in [0.25, 0.3) is 10.7 Å². The molecule has 118 heavy (non-hydrogen) atoms. The molecule has 3 aromatic heterocycles. The summed E-state index contributed by atoms with van der Waals surface area (Å²) >= 11 is 17.8. The number of pyridine rings is 3. The second-order valence-electron chi connectivity index (χ2n) is 27.3. The number of aryl methyl sites for hydroxylation is 4. The molecule has 9 aliphatic rings. The van der Waals surface area contributed by atoms with E-state index in [4.69, 9.17) is 101 Å². The number of aromatic nitrogens is 3. The second kappa shape index (κ2) is 37.3. The third-order valence-electron chi connectivity index (χ3n) is 21.2. The first-order valence-electron chi connectivity index (χ1n) is 35.7. The smallest absolute Gasteiger partial charge is 1.00 e. The summed E-state index contributed by atoms with van der Waals surface area (Å²) in [4.78, 5) is 15.7. The van der Waals surface area contributed by atoms with Crippen LogP contribution in [-0.4, -0.2) is 132 Å². The van der Waals surface area contributed by atoms with Crippen LogP contribution in [0.25, 0.3) is 77.9 Å². The van der Waals surface area contributed by atoms with Crippen LogP contribution in [0.15, 0.2) is 126 Å². The zero-order valence-corrected chi connectivity index (χ0v) is 73.4. The number of benzene rings is 8. The van der Waals surface area contributed by atoms with Gasteiger partial charge in [-0.3, -0.25) is 9.36 Å². The number of hydrogen-bond acceptors (Lipinski definition) is 23. The van der Waals surface area contributed by atoms with Gasteiger partial charge in [-0.2, -0.15) is 9.13 Å². The van der Waals surface area contributed by atoms with Crippen molar-refractivity contribution in [1.29, 1.82) is 0 Å². The molecule has 0 radical (unpaired) electrons.